The van der Waals surface area contributed by atoms with Gasteiger partial charge < -0.3 is 4.57 Å². The van der Waals surface area contributed by atoms with Crippen LogP contribution >= 0.6 is 0 Å². The minimum Gasteiger partial charge on any atom is -0.318 e. The first-order valence-electron chi connectivity index (χ1n) is 10.2. The molecule has 4 atom stereocenters. The second-order valence-corrected chi connectivity index (χ2v) is 8.74. The number of hydrogen-bond acceptors (Lipinski definition) is 3. The normalized spacial score (nSPS) is 27.7. The topological polar surface area (TPSA) is 54.7 Å². The molecule has 1 aromatic carbocycles. The maximum Gasteiger partial charge on any atom is 0.254 e. The number of benzene rings is 1. The van der Waals surface area contributed by atoms with E-state index in [4.69, 9.17) is 0 Å². The second kappa shape index (κ2) is 6.28. The van der Waals surface area contributed by atoms with Crippen LogP contribution in [0, 0.1) is 51.4 Å². The number of amides is 2. The van der Waals surface area contributed by atoms with Crippen molar-refractivity contribution in [2.45, 2.75) is 34.1 Å². The van der Waals surface area contributed by atoms with Crippen molar-refractivity contribution in [1.29, 1.82) is 0 Å². The maximum absolute atomic E-state index is 12.8. The van der Waals surface area contributed by atoms with Crippen molar-refractivity contribution in [3.8, 4) is 5.69 Å². The SMILES string of the molecule is Cc1cc(C)cc(-n2c(C)cc(C=NN3C(=O)[C@@H]4[C@H](C3=O)[C@H]3C=C[C@H]4C3)c2C)c1. The van der Waals surface area contributed by atoms with Crippen molar-refractivity contribution in [3.05, 3.63) is 64.5 Å². The van der Waals surface area contributed by atoms with Crippen molar-refractivity contribution >= 4 is 18.0 Å². The van der Waals surface area contributed by atoms with Gasteiger partial charge in [0.15, 0.2) is 0 Å². The first-order chi connectivity index (χ1) is 13.8. The molecule has 1 saturated carbocycles. The largest absolute Gasteiger partial charge is 0.318 e. The number of aryl methyl sites for hydroxylation is 3. The molecule has 1 aliphatic heterocycles. The summed E-state index contributed by atoms with van der Waals surface area (Å²) >= 11 is 0. The van der Waals surface area contributed by atoms with Gasteiger partial charge in [-0.25, -0.2) is 0 Å². The average Bonchev–Trinajstić information content (AvgIpc) is 3.38. The third-order valence-electron chi connectivity index (χ3n) is 6.69. The van der Waals surface area contributed by atoms with Crippen LogP contribution in [0.25, 0.3) is 5.69 Å². The second-order valence-electron chi connectivity index (χ2n) is 8.74. The molecule has 2 heterocycles. The lowest BCUT2D eigenvalue weighted by Gasteiger charge is -2.13. The molecule has 3 aliphatic rings. The van der Waals surface area contributed by atoms with E-state index in [0.29, 0.717) is 0 Å². The predicted octanol–water partition coefficient (Wildman–Crippen LogP) is 3.85. The minimum atomic E-state index is -0.211. The molecular weight excluding hydrogens is 362 g/mol. The van der Waals surface area contributed by atoms with Crippen LogP contribution in [0.2, 0.25) is 0 Å². The Labute approximate surface area is 170 Å². The van der Waals surface area contributed by atoms with Gasteiger partial charge in [0.2, 0.25) is 0 Å². The fraction of sp³-hybridized carbons (Fsp3) is 0.375. The molecule has 0 spiro atoms. The van der Waals surface area contributed by atoms with E-state index in [-0.39, 0.29) is 35.5 Å². The number of carbonyl (C=O) groups excluding carboxylic acids is 2. The van der Waals surface area contributed by atoms with E-state index in [2.05, 4.69) is 60.8 Å². The highest BCUT2D eigenvalue weighted by molar-refractivity contribution is 6.06. The summed E-state index contributed by atoms with van der Waals surface area (Å²) < 4.78 is 2.19. The van der Waals surface area contributed by atoms with Gasteiger partial charge in [-0.15, -0.1) is 0 Å². The van der Waals surface area contributed by atoms with E-state index in [1.54, 1.807) is 6.21 Å². The van der Waals surface area contributed by atoms with Crippen molar-refractivity contribution < 1.29 is 9.59 Å². The summed E-state index contributed by atoms with van der Waals surface area (Å²) in [4.78, 5) is 25.6. The van der Waals surface area contributed by atoms with Gasteiger partial charge in [0.05, 0.1) is 18.1 Å². The van der Waals surface area contributed by atoms with Gasteiger partial charge in [0.1, 0.15) is 0 Å². The number of imide groups is 1. The van der Waals surface area contributed by atoms with E-state index in [1.807, 2.05) is 13.0 Å². The lowest BCUT2D eigenvalue weighted by molar-refractivity contribution is -0.140. The number of hydrazone groups is 1. The van der Waals surface area contributed by atoms with Gasteiger partial charge in [-0.05, 0) is 75.3 Å². The lowest BCUT2D eigenvalue weighted by Crippen LogP contribution is -2.28. The molecule has 1 aromatic heterocycles. The number of allylic oxidation sites excluding steroid dienone is 2. The molecule has 2 aliphatic carbocycles. The molecule has 2 aromatic rings. The monoisotopic (exact) mass is 387 g/mol. The fourth-order valence-electron chi connectivity index (χ4n) is 5.52. The summed E-state index contributed by atoms with van der Waals surface area (Å²) in [5.41, 5.74) is 6.59. The number of aromatic nitrogens is 1. The summed E-state index contributed by atoms with van der Waals surface area (Å²) in [5, 5.41) is 5.46. The highest BCUT2D eigenvalue weighted by Crippen LogP contribution is 2.52. The Hall–Kier alpha value is -2.95. The molecule has 5 nitrogen and oxygen atoms in total. The van der Waals surface area contributed by atoms with Gasteiger partial charge in [0, 0.05) is 22.6 Å². The van der Waals surface area contributed by atoms with Crippen LogP contribution < -0.4 is 0 Å². The molecule has 0 radical (unpaired) electrons. The van der Waals surface area contributed by atoms with Crippen molar-refractivity contribution in [1.82, 2.24) is 9.58 Å². The van der Waals surface area contributed by atoms with Gasteiger partial charge >= 0.3 is 0 Å². The minimum absolute atomic E-state index is 0.142. The van der Waals surface area contributed by atoms with E-state index < -0.39 is 0 Å². The number of hydrogen-bond donors (Lipinski definition) is 0. The first-order valence-corrected chi connectivity index (χ1v) is 10.2. The molecular formula is C24H25N3O2. The number of nitrogens with zero attached hydrogens (tertiary/aromatic N) is 3. The van der Waals surface area contributed by atoms with E-state index in [9.17, 15) is 9.59 Å². The van der Waals surface area contributed by atoms with Gasteiger partial charge in [-0.3, -0.25) is 9.59 Å². The first kappa shape index (κ1) is 18.1. The zero-order valence-corrected chi connectivity index (χ0v) is 17.2. The summed E-state index contributed by atoms with van der Waals surface area (Å²) in [7, 11) is 0. The number of carbonyl (C=O) groups is 2. The van der Waals surface area contributed by atoms with Crippen LogP contribution in [0.5, 0.6) is 0 Å². The lowest BCUT2D eigenvalue weighted by atomic mass is 9.85. The highest BCUT2D eigenvalue weighted by Gasteiger charge is 2.59. The molecule has 2 amide bonds. The molecule has 0 N–H and O–H groups in total. The van der Waals surface area contributed by atoms with Crippen LogP contribution in [0.15, 0.2) is 41.5 Å². The molecule has 5 heteroatoms. The molecule has 148 valence electrons. The van der Waals surface area contributed by atoms with Crippen LogP contribution in [0.4, 0.5) is 0 Å². The van der Waals surface area contributed by atoms with Crippen LogP contribution in [-0.2, 0) is 9.59 Å². The standard InChI is InChI=1S/C24H25N3O2/c1-13-7-14(2)9-20(8-13)26-15(3)10-19(16(26)4)12-25-27-23(28)21-17-5-6-18(11-17)22(21)24(27)29/h5-10,12,17-18,21-22H,11H2,1-4H3/t17-,18-,21-,22+/m0/s1. The maximum atomic E-state index is 12.8. The van der Waals surface area contributed by atoms with Crippen molar-refractivity contribution in [2.24, 2.45) is 28.8 Å². The van der Waals surface area contributed by atoms with Gasteiger partial charge in [-0.1, -0.05) is 18.2 Å². The summed E-state index contributed by atoms with van der Waals surface area (Å²) in [6, 6.07) is 8.52. The van der Waals surface area contributed by atoms with Crippen LogP contribution in [0.3, 0.4) is 0 Å². The van der Waals surface area contributed by atoms with Crippen molar-refractivity contribution in [2.75, 3.05) is 0 Å². The van der Waals surface area contributed by atoms with E-state index in [1.165, 1.54) is 11.1 Å². The predicted molar refractivity (Wildman–Crippen MR) is 112 cm³/mol. The molecule has 0 unspecified atom stereocenters. The average molecular weight is 387 g/mol. The summed E-state index contributed by atoms with van der Waals surface area (Å²) in [6.45, 7) is 8.29. The Balaban J connectivity index is 1.45. The zero-order chi connectivity index (χ0) is 20.4. The summed E-state index contributed by atoms with van der Waals surface area (Å²) in [5.74, 6) is -0.297. The van der Waals surface area contributed by atoms with E-state index in [0.717, 1.165) is 34.1 Å². The number of fused-ring (bicyclic) bond motifs is 5. The molecule has 5 rings (SSSR count). The summed E-state index contributed by atoms with van der Waals surface area (Å²) in [6.07, 6.45) is 6.79. The smallest absolute Gasteiger partial charge is 0.254 e. The Morgan fingerprint density at radius 1 is 0.897 bits per heavy atom. The quantitative estimate of drug-likeness (QED) is 0.456. The molecule has 29 heavy (non-hydrogen) atoms. The fourth-order valence-corrected chi connectivity index (χ4v) is 5.52. The molecule has 2 bridgehead atoms. The Morgan fingerprint density at radius 3 is 2.07 bits per heavy atom. The highest BCUT2D eigenvalue weighted by atomic mass is 16.2. The Bertz CT molecular complexity index is 1060. The zero-order valence-electron chi connectivity index (χ0n) is 17.2. The van der Waals surface area contributed by atoms with Gasteiger partial charge in [-0.2, -0.15) is 10.1 Å². The van der Waals surface area contributed by atoms with Crippen LogP contribution in [0.1, 0.15) is 34.5 Å². The molecule has 1 saturated heterocycles. The van der Waals surface area contributed by atoms with Gasteiger partial charge in [0.25, 0.3) is 11.8 Å². The molecule has 2 fully saturated rings. The number of rotatable bonds is 3. The Morgan fingerprint density at radius 2 is 1.48 bits per heavy atom. The van der Waals surface area contributed by atoms with Crippen molar-refractivity contribution in [3.63, 3.8) is 0 Å². The third-order valence-corrected chi connectivity index (χ3v) is 6.69. The van der Waals surface area contributed by atoms with E-state index >= 15 is 0 Å². The van der Waals surface area contributed by atoms with Crippen LogP contribution in [-0.4, -0.2) is 27.6 Å². The Kier molecular flexibility index (Phi) is 3.92. The third kappa shape index (κ3) is 2.64.